The largest absolute Gasteiger partial charge is 0.465 e. The molecule has 2 aromatic carbocycles. The Balaban J connectivity index is 1.91. The number of esters is 1. The number of hydrogen-bond donors (Lipinski definition) is 1. The Labute approximate surface area is 179 Å². The first-order valence-corrected chi connectivity index (χ1v) is 11.6. The Kier molecular flexibility index (Phi) is 6.55. The van der Waals surface area contributed by atoms with E-state index in [1.54, 1.807) is 13.8 Å². The van der Waals surface area contributed by atoms with E-state index in [0.29, 0.717) is 23.7 Å². The Morgan fingerprint density at radius 2 is 1.67 bits per heavy atom. The van der Waals surface area contributed by atoms with Crippen molar-refractivity contribution >= 4 is 49.0 Å². The molecule has 1 amide bonds. The standard InChI is InChI=1S/C21H22N2O5S2/c1-4-23(5-2)30(26,27)15-12-10-14(11-13-15)20(24)22-18-16-8-6-7-9-17(16)29-19(18)21(25)28-3/h6-13H,4-5H2,1-3H3,(H,22,24). The molecule has 30 heavy (non-hydrogen) atoms. The van der Waals surface area contributed by atoms with Crippen molar-refractivity contribution in [2.45, 2.75) is 18.7 Å². The van der Waals surface area contributed by atoms with Crippen LogP contribution in [0, 0.1) is 0 Å². The summed E-state index contributed by atoms with van der Waals surface area (Å²) in [6.45, 7) is 4.27. The topological polar surface area (TPSA) is 92.8 Å². The zero-order valence-electron chi connectivity index (χ0n) is 16.8. The third kappa shape index (κ3) is 4.09. The van der Waals surface area contributed by atoms with E-state index in [1.807, 2.05) is 24.3 Å². The maximum atomic E-state index is 12.8. The fourth-order valence-electron chi connectivity index (χ4n) is 3.08. The number of hydrogen-bond acceptors (Lipinski definition) is 6. The van der Waals surface area contributed by atoms with Gasteiger partial charge in [-0.1, -0.05) is 32.0 Å². The molecule has 0 unspecified atom stereocenters. The summed E-state index contributed by atoms with van der Waals surface area (Å²) in [7, 11) is -2.32. The van der Waals surface area contributed by atoms with Crippen LogP contribution in [0.5, 0.6) is 0 Å². The number of fused-ring (bicyclic) bond motifs is 1. The van der Waals surface area contributed by atoms with E-state index in [0.717, 1.165) is 10.1 Å². The molecule has 3 rings (SSSR count). The number of methoxy groups -OCH3 is 1. The van der Waals surface area contributed by atoms with Crippen LogP contribution in [0.1, 0.15) is 33.9 Å². The number of rotatable bonds is 7. The fourth-order valence-corrected chi connectivity index (χ4v) is 5.62. The van der Waals surface area contributed by atoms with E-state index in [9.17, 15) is 18.0 Å². The highest BCUT2D eigenvalue weighted by Gasteiger charge is 2.23. The van der Waals surface area contributed by atoms with E-state index < -0.39 is 21.9 Å². The molecule has 0 aliphatic rings. The second-order valence-electron chi connectivity index (χ2n) is 6.36. The Morgan fingerprint density at radius 3 is 2.27 bits per heavy atom. The lowest BCUT2D eigenvalue weighted by atomic mass is 10.2. The van der Waals surface area contributed by atoms with Crippen LogP contribution < -0.4 is 5.32 Å². The van der Waals surface area contributed by atoms with Crippen molar-refractivity contribution in [1.29, 1.82) is 0 Å². The molecule has 3 aromatic rings. The van der Waals surface area contributed by atoms with Gasteiger partial charge < -0.3 is 10.1 Å². The molecule has 0 saturated carbocycles. The van der Waals surface area contributed by atoms with Crippen LogP contribution in [0.4, 0.5) is 5.69 Å². The van der Waals surface area contributed by atoms with Crippen LogP contribution in [-0.4, -0.2) is 44.8 Å². The number of sulfonamides is 1. The quantitative estimate of drug-likeness (QED) is 0.555. The van der Waals surface area contributed by atoms with Gasteiger partial charge in [0.2, 0.25) is 10.0 Å². The summed E-state index contributed by atoms with van der Waals surface area (Å²) in [6, 6.07) is 13.1. The van der Waals surface area contributed by atoms with Crippen LogP contribution in [0.2, 0.25) is 0 Å². The molecule has 0 fully saturated rings. The molecule has 0 spiro atoms. The number of benzene rings is 2. The molecule has 0 radical (unpaired) electrons. The summed E-state index contributed by atoms with van der Waals surface area (Å²) in [5.74, 6) is -0.984. The van der Waals surface area contributed by atoms with Gasteiger partial charge >= 0.3 is 5.97 Å². The smallest absolute Gasteiger partial charge is 0.350 e. The third-order valence-electron chi connectivity index (χ3n) is 4.66. The predicted octanol–water partition coefficient (Wildman–Crippen LogP) is 3.97. The minimum absolute atomic E-state index is 0.124. The SMILES string of the molecule is CCN(CC)S(=O)(=O)c1ccc(C(=O)Nc2c(C(=O)OC)sc3ccccc23)cc1. The van der Waals surface area contributed by atoms with E-state index in [2.05, 4.69) is 5.32 Å². The lowest BCUT2D eigenvalue weighted by molar-refractivity contribution is 0.0607. The van der Waals surface area contributed by atoms with Crippen molar-refractivity contribution in [2.24, 2.45) is 0 Å². The van der Waals surface area contributed by atoms with Gasteiger partial charge in [0, 0.05) is 28.7 Å². The Morgan fingerprint density at radius 1 is 1.03 bits per heavy atom. The summed E-state index contributed by atoms with van der Waals surface area (Å²) in [5, 5.41) is 3.51. The molecule has 0 aliphatic heterocycles. The Bertz CT molecular complexity index is 1180. The van der Waals surface area contributed by atoms with Gasteiger partial charge in [0.15, 0.2) is 0 Å². The minimum atomic E-state index is -3.60. The first-order chi connectivity index (χ1) is 14.3. The number of ether oxygens (including phenoxy) is 1. The van der Waals surface area contributed by atoms with Gasteiger partial charge in [0.1, 0.15) is 4.88 Å². The molecule has 1 N–H and O–H groups in total. The summed E-state index contributed by atoms with van der Waals surface area (Å²) in [4.78, 5) is 25.4. The van der Waals surface area contributed by atoms with Crippen molar-refractivity contribution in [1.82, 2.24) is 4.31 Å². The van der Waals surface area contributed by atoms with Crippen molar-refractivity contribution in [2.75, 3.05) is 25.5 Å². The number of anilines is 1. The summed E-state index contributed by atoms with van der Waals surface area (Å²) in [5.41, 5.74) is 0.659. The maximum absolute atomic E-state index is 12.8. The highest BCUT2D eigenvalue weighted by Crippen LogP contribution is 2.36. The first-order valence-electron chi connectivity index (χ1n) is 9.34. The summed E-state index contributed by atoms with van der Waals surface area (Å²) >= 11 is 1.23. The van der Waals surface area contributed by atoms with E-state index >= 15 is 0 Å². The van der Waals surface area contributed by atoms with Gasteiger partial charge in [-0.15, -0.1) is 11.3 Å². The third-order valence-corrected chi connectivity index (χ3v) is 7.88. The minimum Gasteiger partial charge on any atom is -0.465 e. The number of nitrogens with one attached hydrogen (secondary N) is 1. The molecule has 7 nitrogen and oxygen atoms in total. The average Bonchev–Trinajstić information content (AvgIpc) is 3.12. The lowest BCUT2D eigenvalue weighted by Gasteiger charge is -2.18. The number of thiophene rings is 1. The molecule has 158 valence electrons. The van der Waals surface area contributed by atoms with Crippen LogP contribution in [-0.2, 0) is 14.8 Å². The number of nitrogens with zero attached hydrogens (tertiary/aromatic N) is 1. The van der Waals surface area contributed by atoms with E-state index in [4.69, 9.17) is 4.74 Å². The second kappa shape index (κ2) is 8.95. The van der Waals surface area contributed by atoms with E-state index in [1.165, 1.54) is 47.0 Å². The molecule has 0 aliphatic carbocycles. The fraction of sp³-hybridized carbons (Fsp3) is 0.238. The number of carbonyl (C=O) groups is 2. The second-order valence-corrected chi connectivity index (χ2v) is 9.35. The van der Waals surface area contributed by atoms with Gasteiger partial charge in [0.05, 0.1) is 17.7 Å². The van der Waals surface area contributed by atoms with Crippen molar-refractivity contribution in [3.63, 3.8) is 0 Å². The van der Waals surface area contributed by atoms with Gasteiger partial charge in [-0.25, -0.2) is 13.2 Å². The monoisotopic (exact) mass is 446 g/mol. The molecular formula is C21H22N2O5S2. The van der Waals surface area contributed by atoms with Crippen molar-refractivity contribution < 1.29 is 22.7 Å². The van der Waals surface area contributed by atoms with Gasteiger partial charge in [-0.3, -0.25) is 4.79 Å². The van der Waals surface area contributed by atoms with Gasteiger partial charge in [-0.2, -0.15) is 4.31 Å². The normalized spacial score (nSPS) is 11.6. The zero-order valence-corrected chi connectivity index (χ0v) is 18.5. The average molecular weight is 447 g/mol. The molecule has 1 heterocycles. The molecule has 0 saturated heterocycles. The number of carbonyl (C=O) groups excluding carboxylic acids is 2. The number of amides is 1. The zero-order chi connectivity index (χ0) is 21.9. The van der Waals surface area contributed by atoms with Crippen LogP contribution in [0.25, 0.3) is 10.1 Å². The van der Waals surface area contributed by atoms with Crippen LogP contribution >= 0.6 is 11.3 Å². The molecule has 1 aromatic heterocycles. The van der Waals surface area contributed by atoms with Crippen molar-refractivity contribution in [3.8, 4) is 0 Å². The van der Waals surface area contributed by atoms with Gasteiger partial charge in [0.25, 0.3) is 5.91 Å². The molecule has 9 heteroatoms. The van der Waals surface area contributed by atoms with Gasteiger partial charge in [-0.05, 0) is 30.3 Å². The predicted molar refractivity (Wildman–Crippen MR) is 118 cm³/mol. The highest BCUT2D eigenvalue weighted by molar-refractivity contribution is 7.89. The molecule has 0 bridgehead atoms. The lowest BCUT2D eigenvalue weighted by Crippen LogP contribution is -2.30. The molecular weight excluding hydrogens is 424 g/mol. The van der Waals surface area contributed by atoms with Crippen LogP contribution in [0.15, 0.2) is 53.4 Å². The summed E-state index contributed by atoms with van der Waals surface area (Å²) in [6.07, 6.45) is 0. The molecule has 0 atom stereocenters. The van der Waals surface area contributed by atoms with E-state index in [-0.39, 0.29) is 10.5 Å². The van der Waals surface area contributed by atoms with Crippen LogP contribution in [0.3, 0.4) is 0 Å². The highest BCUT2D eigenvalue weighted by atomic mass is 32.2. The first kappa shape index (κ1) is 21.9. The van der Waals surface area contributed by atoms with Crippen molar-refractivity contribution in [3.05, 3.63) is 59.0 Å². The summed E-state index contributed by atoms with van der Waals surface area (Å²) < 4.78 is 32.2. The maximum Gasteiger partial charge on any atom is 0.350 e. The Hall–Kier alpha value is -2.75.